The van der Waals surface area contributed by atoms with Gasteiger partial charge in [-0.25, -0.2) is 4.98 Å². The van der Waals surface area contributed by atoms with Crippen molar-refractivity contribution in [2.45, 2.75) is 19.0 Å². The fourth-order valence-electron chi connectivity index (χ4n) is 1.20. The first-order chi connectivity index (χ1) is 8.47. The van der Waals surface area contributed by atoms with Crippen molar-refractivity contribution in [3.8, 4) is 0 Å². The molecule has 1 heterocycles. The first kappa shape index (κ1) is 14.5. The molecule has 102 valence electrons. The number of carbonyl (C=O) groups is 1. The highest BCUT2D eigenvalue weighted by Gasteiger charge is 2.27. The van der Waals surface area contributed by atoms with Crippen LogP contribution in [0.4, 0.5) is 13.2 Å². The summed E-state index contributed by atoms with van der Waals surface area (Å²) in [6.07, 6.45) is -0.675. The quantitative estimate of drug-likeness (QED) is 0.724. The second kappa shape index (κ2) is 7.00. The van der Waals surface area contributed by atoms with Crippen LogP contribution < -0.4 is 5.32 Å². The van der Waals surface area contributed by atoms with Gasteiger partial charge in [0.2, 0.25) is 5.91 Å². The number of rotatable bonds is 7. The number of nitrogens with zero attached hydrogens (tertiary/aromatic N) is 1. The Labute approximate surface area is 102 Å². The topological polar surface area (TPSA) is 67.0 Å². The van der Waals surface area contributed by atoms with Gasteiger partial charge in [-0.15, -0.1) is 0 Å². The smallest absolute Gasteiger partial charge is 0.372 e. The van der Waals surface area contributed by atoms with Crippen molar-refractivity contribution in [2.24, 2.45) is 0 Å². The van der Waals surface area contributed by atoms with Crippen LogP contribution in [0.5, 0.6) is 0 Å². The maximum Gasteiger partial charge on any atom is 0.411 e. The molecule has 0 bridgehead atoms. The molecule has 0 aliphatic rings. The lowest BCUT2D eigenvalue weighted by Crippen LogP contribution is -2.27. The second-order valence-corrected chi connectivity index (χ2v) is 3.59. The van der Waals surface area contributed by atoms with Gasteiger partial charge in [-0.2, -0.15) is 13.2 Å². The summed E-state index contributed by atoms with van der Waals surface area (Å²) >= 11 is 0. The Bertz CT molecular complexity index is 352. The lowest BCUT2D eigenvalue weighted by molar-refractivity contribution is -0.174. The van der Waals surface area contributed by atoms with E-state index in [1.165, 1.54) is 6.33 Å². The third kappa shape index (κ3) is 6.89. The number of hydrogen-bond acceptors (Lipinski definition) is 3. The molecule has 1 rings (SSSR count). The SMILES string of the molecule is O=C(CCOCC(F)(F)F)NCCc1cnc[nH]1. The van der Waals surface area contributed by atoms with E-state index in [2.05, 4.69) is 20.0 Å². The molecule has 0 radical (unpaired) electrons. The van der Waals surface area contributed by atoms with Gasteiger partial charge in [0.25, 0.3) is 0 Å². The zero-order valence-corrected chi connectivity index (χ0v) is 9.59. The van der Waals surface area contributed by atoms with Gasteiger partial charge in [0.15, 0.2) is 0 Å². The minimum Gasteiger partial charge on any atom is -0.372 e. The van der Waals surface area contributed by atoms with Crippen LogP contribution in [0, 0.1) is 0 Å². The van der Waals surface area contributed by atoms with Gasteiger partial charge >= 0.3 is 6.18 Å². The average Bonchev–Trinajstić information content (AvgIpc) is 2.76. The highest BCUT2D eigenvalue weighted by molar-refractivity contribution is 5.75. The number of H-pyrrole nitrogens is 1. The third-order valence-electron chi connectivity index (χ3n) is 2.01. The fourth-order valence-corrected chi connectivity index (χ4v) is 1.20. The van der Waals surface area contributed by atoms with E-state index in [1.54, 1.807) is 6.20 Å². The molecule has 0 aromatic carbocycles. The number of hydrogen-bond donors (Lipinski definition) is 2. The van der Waals surface area contributed by atoms with E-state index in [0.717, 1.165) is 5.69 Å². The lowest BCUT2D eigenvalue weighted by Gasteiger charge is -2.07. The van der Waals surface area contributed by atoms with E-state index in [-0.39, 0.29) is 18.9 Å². The van der Waals surface area contributed by atoms with Crippen LogP contribution in [0.25, 0.3) is 0 Å². The van der Waals surface area contributed by atoms with Crippen molar-refractivity contribution in [1.29, 1.82) is 0 Å². The van der Waals surface area contributed by atoms with E-state index >= 15 is 0 Å². The Morgan fingerprint density at radius 1 is 1.50 bits per heavy atom. The number of alkyl halides is 3. The van der Waals surface area contributed by atoms with Crippen LogP contribution in [0.3, 0.4) is 0 Å². The first-order valence-corrected chi connectivity index (χ1v) is 5.36. The molecule has 2 N–H and O–H groups in total. The molecule has 0 aliphatic carbocycles. The van der Waals surface area contributed by atoms with Crippen LogP contribution in [0.2, 0.25) is 0 Å². The van der Waals surface area contributed by atoms with Crippen LogP contribution >= 0.6 is 0 Å². The second-order valence-electron chi connectivity index (χ2n) is 3.59. The van der Waals surface area contributed by atoms with Gasteiger partial charge in [-0.3, -0.25) is 4.79 Å². The summed E-state index contributed by atoms with van der Waals surface area (Å²) in [4.78, 5) is 17.9. The number of nitrogens with one attached hydrogen (secondary N) is 2. The highest BCUT2D eigenvalue weighted by atomic mass is 19.4. The normalized spacial score (nSPS) is 11.5. The zero-order chi connectivity index (χ0) is 13.4. The minimum absolute atomic E-state index is 0.0843. The van der Waals surface area contributed by atoms with Crippen LogP contribution in [0.15, 0.2) is 12.5 Å². The number of ether oxygens (including phenoxy) is 1. The van der Waals surface area contributed by atoms with E-state index in [9.17, 15) is 18.0 Å². The molecule has 0 saturated carbocycles. The predicted octanol–water partition coefficient (Wildman–Crippen LogP) is 1.04. The molecule has 8 heteroatoms. The lowest BCUT2D eigenvalue weighted by atomic mass is 10.3. The molecule has 1 aromatic heterocycles. The minimum atomic E-state index is -4.35. The Morgan fingerprint density at radius 2 is 2.28 bits per heavy atom. The van der Waals surface area contributed by atoms with Crippen molar-refractivity contribution in [3.63, 3.8) is 0 Å². The van der Waals surface area contributed by atoms with E-state index < -0.39 is 12.8 Å². The molecule has 0 aliphatic heterocycles. The maximum atomic E-state index is 11.7. The summed E-state index contributed by atoms with van der Waals surface area (Å²) < 4.78 is 39.4. The van der Waals surface area contributed by atoms with Crippen molar-refractivity contribution in [2.75, 3.05) is 19.8 Å². The van der Waals surface area contributed by atoms with Crippen LogP contribution in [0.1, 0.15) is 12.1 Å². The molecule has 0 atom stereocenters. The van der Waals surface area contributed by atoms with E-state index in [1.807, 2.05) is 0 Å². The Kier molecular flexibility index (Phi) is 5.63. The Morgan fingerprint density at radius 3 is 2.89 bits per heavy atom. The standard InChI is InChI=1S/C10H14F3N3O2/c11-10(12,13)6-18-4-2-9(17)15-3-1-8-5-14-7-16-8/h5,7H,1-4,6H2,(H,14,16)(H,15,17). The van der Waals surface area contributed by atoms with Gasteiger partial charge in [0.05, 0.1) is 12.9 Å². The van der Waals surface area contributed by atoms with Crippen molar-refractivity contribution < 1.29 is 22.7 Å². The fraction of sp³-hybridized carbons (Fsp3) is 0.600. The molecule has 0 unspecified atom stereocenters. The molecule has 0 fully saturated rings. The molecular formula is C10H14F3N3O2. The Balaban J connectivity index is 2.00. The number of aromatic amines is 1. The Hall–Kier alpha value is -1.57. The summed E-state index contributed by atoms with van der Waals surface area (Å²) in [5.74, 6) is -0.336. The zero-order valence-electron chi connectivity index (χ0n) is 9.59. The van der Waals surface area contributed by atoms with Crippen molar-refractivity contribution >= 4 is 5.91 Å². The number of amides is 1. The van der Waals surface area contributed by atoms with Gasteiger partial charge in [-0.05, 0) is 0 Å². The van der Waals surface area contributed by atoms with Gasteiger partial charge in [0, 0.05) is 31.3 Å². The molecular weight excluding hydrogens is 251 g/mol. The monoisotopic (exact) mass is 265 g/mol. The third-order valence-corrected chi connectivity index (χ3v) is 2.01. The van der Waals surface area contributed by atoms with E-state index in [4.69, 9.17) is 0 Å². The summed E-state index contributed by atoms with van der Waals surface area (Å²) in [7, 11) is 0. The number of imidazole rings is 1. The number of aromatic nitrogens is 2. The van der Waals surface area contributed by atoms with Crippen molar-refractivity contribution in [1.82, 2.24) is 15.3 Å². The molecule has 0 saturated heterocycles. The van der Waals surface area contributed by atoms with Crippen LogP contribution in [-0.4, -0.2) is 41.8 Å². The van der Waals surface area contributed by atoms with Gasteiger partial charge < -0.3 is 15.0 Å². The summed E-state index contributed by atoms with van der Waals surface area (Å²) in [5.41, 5.74) is 0.878. The first-order valence-electron chi connectivity index (χ1n) is 5.36. The molecule has 1 amide bonds. The average molecular weight is 265 g/mol. The van der Waals surface area contributed by atoms with Gasteiger partial charge in [-0.1, -0.05) is 0 Å². The molecule has 18 heavy (non-hydrogen) atoms. The summed E-state index contributed by atoms with van der Waals surface area (Å²) in [5, 5.41) is 2.57. The maximum absolute atomic E-state index is 11.7. The molecule has 5 nitrogen and oxygen atoms in total. The molecule has 0 spiro atoms. The summed E-state index contributed by atoms with van der Waals surface area (Å²) in [6.45, 7) is -1.16. The van der Waals surface area contributed by atoms with Gasteiger partial charge in [0.1, 0.15) is 6.61 Å². The molecule has 1 aromatic rings. The summed E-state index contributed by atoms with van der Waals surface area (Å²) in [6, 6.07) is 0. The van der Waals surface area contributed by atoms with Crippen molar-refractivity contribution in [3.05, 3.63) is 18.2 Å². The number of halogens is 3. The number of carbonyl (C=O) groups excluding carboxylic acids is 1. The van der Waals surface area contributed by atoms with E-state index in [0.29, 0.717) is 13.0 Å². The highest BCUT2D eigenvalue weighted by Crippen LogP contribution is 2.14. The predicted molar refractivity (Wildman–Crippen MR) is 56.8 cm³/mol. The largest absolute Gasteiger partial charge is 0.411 e. The van der Waals surface area contributed by atoms with Crippen LogP contribution in [-0.2, 0) is 16.0 Å².